The fourth-order valence-corrected chi connectivity index (χ4v) is 5.97. The van der Waals surface area contributed by atoms with Gasteiger partial charge in [-0.2, -0.15) is 0 Å². The molecule has 3 fully saturated rings. The molecule has 5 unspecified atom stereocenters. The molecule has 3 rings (SSSR count). The van der Waals surface area contributed by atoms with Gasteiger partial charge in [0.25, 0.3) is 0 Å². The number of esters is 2. The molecule has 0 aromatic rings. The average Bonchev–Trinajstić information content (AvgIpc) is 2.86. The lowest BCUT2D eigenvalue weighted by molar-refractivity contribution is -0.168. The number of hydrogen-bond donors (Lipinski definition) is 0. The highest BCUT2D eigenvalue weighted by Gasteiger charge is 2.72. The minimum atomic E-state index is -3.43. The van der Waals surface area contributed by atoms with Crippen LogP contribution in [0, 0.1) is 11.3 Å². The van der Waals surface area contributed by atoms with Crippen LogP contribution in [0.4, 0.5) is 0 Å². The van der Waals surface area contributed by atoms with Crippen molar-refractivity contribution in [3.8, 4) is 0 Å². The summed E-state index contributed by atoms with van der Waals surface area (Å²) in [7, 11) is -3.43. The third-order valence-electron chi connectivity index (χ3n) is 4.93. The van der Waals surface area contributed by atoms with E-state index in [0.29, 0.717) is 6.42 Å². The van der Waals surface area contributed by atoms with E-state index in [0.717, 1.165) is 0 Å². The summed E-state index contributed by atoms with van der Waals surface area (Å²) in [6.07, 6.45) is -0.849. The minimum absolute atomic E-state index is 0.215. The van der Waals surface area contributed by atoms with Crippen LogP contribution < -0.4 is 0 Å². The number of ether oxygens (including phenoxy) is 2. The molecule has 0 spiro atoms. The number of carbonyl (C=O) groups is 2. The second-order valence-electron chi connectivity index (χ2n) is 6.44. The Morgan fingerprint density at radius 2 is 2.10 bits per heavy atom. The summed E-state index contributed by atoms with van der Waals surface area (Å²) < 4.78 is 35.1. The summed E-state index contributed by atoms with van der Waals surface area (Å²) in [6.45, 7) is 5.37. The minimum Gasteiger partial charge on any atom is -0.457 e. The summed E-state index contributed by atoms with van der Waals surface area (Å²) in [5.74, 6) is -1.48. The van der Waals surface area contributed by atoms with Gasteiger partial charge in [-0.05, 0) is 26.7 Å². The van der Waals surface area contributed by atoms with E-state index < -0.39 is 55.8 Å². The van der Waals surface area contributed by atoms with Gasteiger partial charge in [-0.25, -0.2) is 8.42 Å². The van der Waals surface area contributed by atoms with Crippen LogP contribution in [0.5, 0.6) is 0 Å². The Kier molecular flexibility index (Phi) is 2.74. The van der Waals surface area contributed by atoms with E-state index in [9.17, 15) is 18.0 Å². The smallest absolute Gasteiger partial charge is 0.311 e. The molecule has 0 N–H and O–H groups in total. The normalized spacial score (nSPS) is 40.8. The SMILES string of the molecule is CCC(C)(C)C(=O)OC1C2OC(=O)C3CC1S(=O)(=O)C32. The van der Waals surface area contributed by atoms with E-state index in [4.69, 9.17) is 9.47 Å². The van der Waals surface area contributed by atoms with Crippen molar-refractivity contribution in [1.82, 2.24) is 0 Å². The summed E-state index contributed by atoms with van der Waals surface area (Å²) in [4.78, 5) is 23.8. The molecule has 112 valence electrons. The van der Waals surface area contributed by atoms with Gasteiger partial charge < -0.3 is 9.47 Å². The molecule has 3 saturated heterocycles. The molecule has 3 aliphatic rings. The van der Waals surface area contributed by atoms with Crippen LogP contribution in [0.2, 0.25) is 0 Å². The molecule has 0 radical (unpaired) electrons. The van der Waals surface area contributed by atoms with Gasteiger partial charge in [0.1, 0.15) is 10.5 Å². The van der Waals surface area contributed by atoms with E-state index in [-0.39, 0.29) is 6.42 Å². The molecule has 2 bridgehead atoms. The third kappa shape index (κ3) is 1.58. The first-order valence-corrected chi connectivity index (χ1v) is 8.45. The molecule has 20 heavy (non-hydrogen) atoms. The molecule has 0 aromatic carbocycles. The summed E-state index contributed by atoms with van der Waals surface area (Å²) >= 11 is 0. The number of rotatable bonds is 3. The van der Waals surface area contributed by atoms with Gasteiger partial charge in [-0.3, -0.25) is 9.59 Å². The first-order chi connectivity index (χ1) is 9.20. The van der Waals surface area contributed by atoms with Crippen molar-refractivity contribution in [2.24, 2.45) is 11.3 Å². The second kappa shape index (κ2) is 3.96. The number of fused-ring (bicyclic) bond motifs is 1. The highest BCUT2D eigenvalue weighted by Crippen LogP contribution is 2.52. The molecule has 3 aliphatic heterocycles. The molecular weight excluding hydrogens is 284 g/mol. The average molecular weight is 302 g/mol. The topological polar surface area (TPSA) is 86.7 Å². The fraction of sp³-hybridized carbons (Fsp3) is 0.846. The molecule has 5 atom stereocenters. The van der Waals surface area contributed by atoms with Crippen LogP contribution in [-0.4, -0.2) is 43.1 Å². The Hall–Kier alpha value is -1.11. The summed E-state index contributed by atoms with van der Waals surface area (Å²) in [6, 6.07) is 0. The summed E-state index contributed by atoms with van der Waals surface area (Å²) in [5, 5.41) is -1.60. The van der Waals surface area contributed by atoms with Crippen molar-refractivity contribution in [3.05, 3.63) is 0 Å². The zero-order chi connectivity index (χ0) is 14.9. The van der Waals surface area contributed by atoms with Gasteiger partial charge in [-0.1, -0.05) is 6.92 Å². The van der Waals surface area contributed by atoms with Gasteiger partial charge in [0.2, 0.25) is 0 Å². The first-order valence-electron chi connectivity index (χ1n) is 6.84. The first kappa shape index (κ1) is 13.9. The zero-order valence-electron chi connectivity index (χ0n) is 11.7. The highest BCUT2D eigenvalue weighted by molar-refractivity contribution is 7.93. The lowest BCUT2D eigenvalue weighted by atomic mass is 9.87. The molecule has 0 aromatic heterocycles. The van der Waals surface area contributed by atoms with Crippen LogP contribution in [0.15, 0.2) is 0 Å². The second-order valence-corrected chi connectivity index (χ2v) is 8.77. The van der Waals surface area contributed by atoms with Crippen LogP contribution >= 0.6 is 0 Å². The largest absolute Gasteiger partial charge is 0.457 e. The molecule has 6 nitrogen and oxygen atoms in total. The number of carbonyl (C=O) groups excluding carboxylic acids is 2. The van der Waals surface area contributed by atoms with Crippen molar-refractivity contribution in [2.75, 3.05) is 0 Å². The Balaban J connectivity index is 1.87. The molecule has 3 heterocycles. The fourth-order valence-electron chi connectivity index (χ4n) is 3.24. The van der Waals surface area contributed by atoms with Crippen molar-refractivity contribution >= 4 is 21.8 Å². The lowest BCUT2D eigenvalue weighted by Gasteiger charge is -2.27. The third-order valence-corrected chi connectivity index (χ3v) is 7.59. The van der Waals surface area contributed by atoms with Gasteiger partial charge in [-0.15, -0.1) is 0 Å². The maximum absolute atomic E-state index is 12.2. The predicted molar refractivity (Wildman–Crippen MR) is 68.4 cm³/mol. The molecular formula is C13H18O6S. The van der Waals surface area contributed by atoms with Gasteiger partial charge in [0.05, 0.1) is 11.3 Å². The monoisotopic (exact) mass is 302 g/mol. The van der Waals surface area contributed by atoms with E-state index in [2.05, 4.69) is 0 Å². The molecule has 0 aliphatic carbocycles. The van der Waals surface area contributed by atoms with E-state index in [1.165, 1.54) is 0 Å². The van der Waals surface area contributed by atoms with Crippen molar-refractivity contribution in [1.29, 1.82) is 0 Å². The van der Waals surface area contributed by atoms with Crippen LogP contribution in [0.25, 0.3) is 0 Å². The van der Waals surface area contributed by atoms with Crippen molar-refractivity contribution in [2.45, 2.75) is 56.3 Å². The van der Waals surface area contributed by atoms with Crippen LogP contribution in [0.3, 0.4) is 0 Å². The Morgan fingerprint density at radius 1 is 1.45 bits per heavy atom. The van der Waals surface area contributed by atoms with Crippen LogP contribution in [-0.2, 0) is 28.9 Å². The van der Waals surface area contributed by atoms with Gasteiger partial charge in [0, 0.05) is 0 Å². The lowest BCUT2D eigenvalue weighted by Crippen LogP contribution is -2.42. The van der Waals surface area contributed by atoms with Crippen molar-refractivity contribution in [3.63, 3.8) is 0 Å². The zero-order valence-corrected chi connectivity index (χ0v) is 12.5. The predicted octanol–water partition coefficient (Wildman–Crippen LogP) is 0.445. The number of hydrogen-bond acceptors (Lipinski definition) is 6. The van der Waals surface area contributed by atoms with Gasteiger partial charge >= 0.3 is 11.9 Å². The van der Waals surface area contributed by atoms with Crippen LogP contribution in [0.1, 0.15) is 33.6 Å². The van der Waals surface area contributed by atoms with E-state index in [1.807, 2.05) is 6.92 Å². The van der Waals surface area contributed by atoms with Crippen molar-refractivity contribution < 1.29 is 27.5 Å². The Labute approximate surface area is 117 Å². The summed E-state index contributed by atoms with van der Waals surface area (Å²) in [5.41, 5.74) is -0.673. The van der Waals surface area contributed by atoms with E-state index >= 15 is 0 Å². The maximum atomic E-state index is 12.2. The molecule has 0 saturated carbocycles. The quantitative estimate of drug-likeness (QED) is 0.703. The Bertz CT molecular complexity index is 578. The molecule has 0 amide bonds. The standard InChI is InChI=1S/C13H18O6S/c1-4-13(2,3)12(15)19-8-7-5-6-10(20(7,16)17)9(8)18-11(6)14/h6-10H,4-5H2,1-3H3. The molecule has 7 heteroatoms. The highest BCUT2D eigenvalue weighted by atomic mass is 32.2. The Morgan fingerprint density at radius 3 is 2.70 bits per heavy atom. The van der Waals surface area contributed by atoms with Gasteiger partial charge in [0.15, 0.2) is 22.0 Å². The number of sulfone groups is 1. The van der Waals surface area contributed by atoms with E-state index in [1.54, 1.807) is 13.8 Å². The maximum Gasteiger partial charge on any atom is 0.311 e.